The van der Waals surface area contributed by atoms with Crippen LogP contribution in [0.5, 0.6) is 0 Å². The number of benzene rings is 3. The summed E-state index contributed by atoms with van der Waals surface area (Å²) < 4.78 is 0.809. The van der Waals surface area contributed by atoms with Crippen LogP contribution in [0, 0.1) is 6.92 Å². The molecular formula is C24H20BrN3O2S. The first-order valence-corrected chi connectivity index (χ1v) is 11.4. The Morgan fingerprint density at radius 2 is 1.74 bits per heavy atom. The minimum atomic E-state index is -0.549. The molecule has 0 saturated carbocycles. The number of para-hydroxylation sites is 2. The molecule has 0 aliphatic carbocycles. The average molecular weight is 494 g/mol. The topological polar surface area (TPSA) is 61.8 Å². The minimum absolute atomic E-state index is 0.0565. The summed E-state index contributed by atoms with van der Waals surface area (Å²) in [6.07, 6.45) is 0.0565. The number of aryl methyl sites for hydroxylation is 1. The molecule has 0 aromatic heterocycles. The van der Waals surface area contributed by atoms with Gasteiger partial charge in [0.05, 0.1) is 17.1 Å². The van der Waals surface area contributed by atoms with Crippen LogP contribution in [-0.2, 0) is 9.59 Å². The zero-order chi connectivity index (χ0) is 21.8. The van der Waals surface area contributed by atoms with E-state index in [0.717, 1.165) is 21.4 Å². The number of aliphatic imine (C=N–C) groups is 1. The van der Waals surface area contributed by atoms with Gasteiger partial charge in [-0.15, -0.1) is 0 Å². The van der Waals surface area contributed by atoms with Gasteiger partial charge < -0.3 is 5.32 Å². The minimum Gasteiger partial charge on any atom is -0.325 e. The van der Waals surface area contributed by atoms with Crippen molar-refractivity contribution in [2.24, 2.45) is 4.99 Å². The first-order chi connectivity index (χ1) is 15.0. The van der Waals surface area contributed by atoms with E-state index in [-0.39, 0.29) is 18.2 Å². The molecule has 1 aliphatic rings. The third kappa shape index (κ3) is 5.06. The summed E-state index contributed by atoms with van der Waals surface area (Å²) in [7, 11) is 0. The van der Waals surface area contributed by atoms with Gasteiger partial charge in [-0.3, -0.25) is 14.5 Å². The summed E-state index contributed by atoms with van der Waals surface area (Å²) in [5, 5.41) is 2.91. The Labute approximate surface area is 193 Å². The number of carbonyl (C=O) groups is 2. The number of amidine groups is 1. The van der Waals surface area contributed by atoms with Crippen LogP contribution in [0.25, 0.3) is 0 Å². The molecular weight excluding hydrogens is 474 g/mol. The number of amides is 2. The number of thioether (sulfide) groups is 1. The van der Waals surface area contributed by atoms with Gasteiger partial charge in [0, 0.05) is 10.9 Å². The highest BCUT2D eigenvalue weighted by molar-refractivity contribution is 9.10. The summed E-state index contributed by atoms with van der Waals surface area (Å²) >= 11 is 4.79. The molecule has 1 aliphatic heterocycles. The van der Waals surface area contributed by atoms with Crippen molar-refractivity contribution in [3.63, 3.8) is 0 Å². The molecule has 0 bridgehead atoms. The van der Waals surface area contributed by atoms with Gasteiger partial charge in [0.1, 0.15) is 5.25 Å². The van der Waals surface area contributed by atoms with E-state index in [0.29, 0.717) is 10.9 Å². The van der Waals surface area contributed by atoms with Gasteiger partial charge in [-0.1, -0.05) is 54.2 Å². The number of hydrogen-bond acceptors (Lipinski definition) is 4. The Bertz CT molecular complexity index is 1140. The normalized spacial score (nSPS) is 17.2. The quantitative estimate of drug-likeness (QED) is 0.479. The Kier molecular flexibility index (Phi) is 6.53. The van der Waals surface area contributed by atoms with Crippen LogP contribution in [0.3, 0.4) is 0 Å². The van der Waals surface area contributed by atoms with Crippen molar-refractivity contribution in [2.75, 3.05) is 10.2 Å². The van der Waals surface area contributed by atoms with Gasteiger partial charge in [0.2, 0.25) is 11.8 Å². The molecule has 0 spiro atoms. The van der Waals surface area contributed by atoms with Crippen LogP contribution in [0.1, 0.15) is 12.0 Å². The molecule has 1 atom stereocenters. The van der Waals surface area contributed by atoms with Gasteiger partial charge in [0.25, 0.3) is 0 Å². The van der Waals surface area contributed by atoms with Gasteiger partial charge in [-0.2, -0.15) is 0 Å². The number of rotatable bonds is 5. The molecule has 2 amide bonds. The highest BCUT2D eigenvalue weighted by Crippen LogP contribution is 2.35. The van der Waals surface area contributed by atoms with Crippen LogP contribution >= 0.6 is 27.7 Å². The lowest BCUT2D eigenvalue weighted by atomic mass is 10.2. The Morgan fingerprint density at radius 1 is 1.06 bits per heavy atom. The first-order valence-electron chi connectivity index (χ1n) is 9.76. The smallest absolute Gasteiger partial charge is 0.247 e. The number of halogens is 1. The van der Waals surface area contributed by atoms with Crippen LogP contribution in [-0.4, -0.2) is 22.2 Å². The Balaban J connectivity index is 1.56. The maximum Gasteiger partial charge on any atom is 0.247 e. The second kappa shape index (κ2) is 9.49. The first kappa shape index (κ1) is 21.3. The van der Waals surface area contributed by atoms with Crippen LogP contribution in [0.4, 0.5) is 17.1 Å². The van der Waals surface area contributed by atoms with E-state index >= 15 is 0 Å². The molecule has 1 saturated heterocycles. The standard InChI is InChI=1S/C24H20BrN3O2S/c1-16-12-13-20(19(25)14-16)27-22(29)15-21-23(30)28(18-10-6-3-7-11-18)24(31-21)26-17-8-4-2-5-9-17/h2-14,21H,15H2,1H3,(H,27,29). The summed E-state index contributed by atoms with van der Waals surface area (Å²) in [5.74, 6) is -0.367. The van der Waals surface area contributed by atoms with Crippen molar-refractivity contribution in [1.29, 1.82) is 0 Å². The van der Waals surface area contributed by atoms with Crippen molar-refractivity contribution >= 4 is 61.7 Å². The third-order valence-corrected chi connectivity index (χ3v) is 6.49. The lowest BCUT2D eigenvalue weighted by molar-refractivity contribution is -0.121. The maximum absolute atomic E-state index is 13.2. The lowest BCUT2D eigenvalue weighted by Gasteiger charge is -2.16. The van der Waals surface area contributed by atoms with Crippen LogP contribution in [0.2, 0.25) is 0 Å². The van der Waals surface area contributed by atoms with Gasteiger partial charge in [-0.05, 0) is 64.8 Å². The molecule has 31 heavy (non-hydrogen) atoms. The highest BCUT2D eigenvalue weighted by Gasteiger charge is 2.40. The van der Waals surface area contributed by atoms with E-state index < -0.39 is 5.25 Å². The third-order valence-electron chi connectivity index (χ3n) is 4.70. The fourth-order valence-electron chi connectivity index (χ4n) is 3.19. The number of carbonyl (C=O) groups excluding carboxylic acids is 2. The monoisotopic (exact) mass is 493 g/mol. The molecule has 1 fully saturated rings. The van der Waals surface area contributed by atoms with E-state index in [1.54, 1.807) is 4.90 Å². The second-order valence-corrected chi connectivity index (χ2v) is 9.11. The zero-order valence-electron chi connectivity index (χ0n) is 16.8. The molecule has 0 radical (unpaired) electrons. The molecule has 7 heteroatoms. The molecule has 3 aromatic rings. The molecule has 1 unspecified atom stereocenters. The van der Waals surface area contributed by atoms with E-state index in [9.17, 15) is 9.59 Å². The fraction of sp³-hybridized carbons (Fsp3) is 0.125. The molecule has 4 rings (SSSR count). The number of hydrogen-bond donors (Lipinski definition) is 1. The molecule has 3 aromatic carbocycles. The van der Waals surface area contributed by atoms with Crippen molar-refractivity contribution in [1.82, 2.24) is 0 Å². The van der Waals surface area contributed by atoms with Crippen molar-refractivity contribution in [3.8, 4) is 0 Å². The summed E-state index contributed by atoms with van der Waals surface area (Å²) in [5.41, 5.74) is 3.27. The van der Waals surface area contributed by atoms with E-state index in [2.05, 4.69) is 26.2 Å². The Hall–Kier alpha value is -2.90. The van der Waals surface area contributed by atoms with Crippen molar-refractivity contribution in [2.45, 2.75) is 18.6 Å². The SMILES string of the molecule is Cc1ccc(NC(=O)CC2SC(=Nc3ccccc3)N(c3ccccc3)C2=O)c(Br)c1. The van der Waals surface area contributed by atoms with Crippen molar-refractivity contribution < 1.29 is 9.59 Å². The van der Waals surface area contributed by atoms with E-state index in [1.165, 1.54) is 11.8 Å². The molecule has 1 heterocycles. The lowest BCUT2D eigenvalue weighted by Crippen LogP contribution is -2.33. The Morgan fingerprint density at radius 3 is 2.42 bits per heavy atom. The second-order valence-electron chi connectivity index (χ2n) is 7.08. The van der Waals surface area contributed by atoms with E-state index in [1.807, 2.05) is 85.8 Å². The van der Waals surface area contributed by atoms with Gasteiger partial charge in [-0.25, -0.2) is 4.99 Å². The zero-order valence-corrected chi connectivity index (χ0v) is 19.2. The van der Waals surface area contributed by atoms with Crippen LogP contribution in [0.15, 0.2) is 88.3 Å². The predicted octanol–water partition coefficient (Wildman–Crippen LogP) is 5.92. The molecule has 156 valence electrons. The summed E-state index contributed by atoms with van der Waals surface area (Å²) in [4.78, 5) is 32.2. The molecule has 5 nitrogen and oxygen atoms in total. The van der Waals surface area contributed by atoms with E-state index in [4.69, 9.17) is 0 Å². The predicted molar refractivity (Wildman–Crippen MR) is 131 cm³/mol. The number of anilines is 2. The number of nitrogens with zero attached hydrogens (tertiary/aromatic N) is 2. The largest absolute Gasteiger partial charge is 0.325 e. The van der Waals surface area contributed by atoms with Gasteiger partial charge >= 0.3 is 0 Å². The highest BCUT2D eigenvalue weighted by atomic mass is 79.9. The molecule has 1 N–H and O–H groups in total. The fourth-order valence-corrected chi connectivity index (χ4v) is 4.94. The van der Waals surface area contributed by atoms with Crippen LogP contribution < -0.4 is 10.2 Å². The summed E-state index contributed by atoms with van der Waals surface area (Å²) in [6, 6.07) is 24.6. The number of nitrogens with one attached hydrogen (secondary N) is 1. The van der Waals surface area contributed by atoms with Gasteiger partial charge in [0.15, 0.2) is 5.17 Å². The summed E-state index contributed by atoms with van der Waals surface area (Å²) in [6.45, 7) is 1.98. The average Bonchev–Trinajstić information content (AvgIpc) is 3.06. The maximum atomic E-state index is 13.2. The van der Waals surface area contributed by atoms with Crippen molar-refractivity contribution in [3.05, 3.63) is 88.9 Å².